The molecule has 2 atom stereocenters. The molecule has 1 aromatic rings. The number of benzene rings is 1. The molecule has 1 spiro atoms. The number of urea groups is 1. The molecule has 0 radical (unpaired) electrons. The van der Waals surface area contributed by atoms with Crippen LogP contribution >= 0.6 is 0 Å². The second kappa shape index (κ2) is 8.88. The van der Waals surface area contributed by atoms with Crippen molar-refractivity contribution in [2.45, 2.75) is 52.1 Å². The molecule has 1 aliphatic carbocycles. The van der Waals surface area contributed by atoms with Crippen LogP contribution in [0.4, 0.5) is 4.79 Å². The van der Waals surface area contributed by atoms with Crippen LogP contribution in [0.1, 0.15) is 45.6 Å². The zero-order valence-corrected chi connectivity index (χ0v) is 19.7. The first-order chi connectivity index (χ1) is 15.0. The van der Waals surface area contributed by atoms with Crippen LogP contribution in [-0.2, 0) is 16.1 Å². The number of ether oxygens (including phenoxy) is 3. The van der Waals surface area contributed by atoms with E-state index >= 15 is 0 Å². The number of carbonyl (C=O) groups is 3. The topological polar surface area (TPSA) is 106 Å². The van der Waals surface area contributed by atoms with Gasteiger partial charge in [-0.1, -0.05) is 20.8 Å². The Bertz CT molecular complexity index is 890. The zero-order valence-electron chi connectivity index (χ0n) is 19.7. The number of hydrogen-bond donors (Lipinski definition) is 2. The highest BCUT2D eigenvalue weighted by Gasteiger charge is 2.56. The van der Waals surface area contributed by atoms with Crippen molar-refractivity contribution < 1.29 is 28.6 Å². The van der Waals surface area contributed by atoms with E-state index in [1.54, 1.807) is 12.1 Å². The maximum absolute atomic E-state index is 13.2. The second-order valence-electron chi connectivity index (χ2n) is 9.57. The minimum absolute atomic E-state index is 0.0641. The van der Waals surface area contributed by atoms with E-state index in [0.717, 1.165) is 16.9 Å². The summed E-state index contributed by atoms with van der Waals surface area (Å²) in [7, 11) is 4.54. The average Bonchev–Trinajstić information content (AvgIpc) is 2.92. The summed E-state index contributed by atoms with van der Waals surface area (Å²) < 4.78 is 16.0. The van der Waals surface area contributed by atoms with Gasteiger partial charge in [-0.25, -0.2) is 4.79 Å². The van der Waals surface area contributed by atoms with Crippen LogP contribution in [0.25, 0.3) is 0 Å². The largest absolute Gasteiger partial charge is 0.493 e. The van der Waals surface area contributed by atoms with Crippen LogP contribution in [0.2, 0.25) is 0 Å². The molecule has 9 heteroatoms. The van der Waals surface area contributed by atoms with Gasteiger partial charge in [-0.05, 0) is 48.3 Å². The van der Waals surface area contributed by atoms with Crippen LogP contribution in [0, 0.1) is 11.3 Å². The van der Waals surface area contributed by atoms with Gasteiger partial charge in [0.25, 0.3) is 5.91 Å². The summed E-state index contributed by atoms with van der Waals surface area (Å²) >= 11 is 0. The Labute approximate surface area is 188 Å². The van der Waals surface area contributed by atoms with E-state index in [1.807, 2.05) is 0 Å². The van der Waals surface area contributed by atoms with Crippen molar-refractivity contribution in [2.24, 2.45) is 11.3 Å². The predicted molar refractivity (Wildman–Crippen MR) is 118 cm³/mol. The van der Waals surface area contributed by atoms with Gasteiger partial charge in [0.05, 0.1) is 21.3 Å². The SMILES string of the molecule is COc1cc(CNC(=O)CN2C(=O)N[C@]3(C[C@H](C)CC(C)(C)C3)C2=O)cc(OC)c1OC. The average molecular weight is 448 g/mol. The number of carbonyl (C=O) groups excluding carboxylic acids is 3. The summed E-state index contributed by atoms with van der Waals surface area (Å²) in [6.07, 6.45) is 2.15. The summed E-state index contributed by atoms with van der Waals surface area (Å²) in [4.78, 5) is 39.4. The monoisotopic (exact) mass is 447 g/mol. The molecule has 0 unspecified atom stereocenters. The fraction of sp³-hybridized carbons (Fsp3) is 0.609. The molecule has 2 N–H and O–H groups in total. The molecule has 1 aromatic carbocycles. The van der Waals surface area contributed by atoms with E-state index in [2.05, 4.69) is 31.4 Å². The molecule has 176 valence electrons. The first-order valence-corrected chi connectivity index (χ1v) is 10.7. The first kappa shape index (κ1) is 23.7. The van der Waals surface area contributed by atoms with Gasteiger partial charge < -0.3 is 24.8 Å². The Morgan fingerprint density at radius 1 is 1.12 bits per heavy atom. The van der Waals surface area contributed by atoms with Crippen molar-refractivity contribution in [3.05, 3.63) is 17.7 Å². The van der Waals surface area contributed by atoms with Crippen molar-refractivity contribution >= 4 is 17.8 Å². The molecular formula is C23H33N3O6. The molecule has 2 aliphatic rings. The lowest BCUT2D eigenvalue weighted by molar-refractivity contribution is -0.137. The standard InChI is InChI=1S/C23H33N3O6/c1-14-9-22(2,3)13-23(10-14)20(28)26(21(29)25-23)12-18(27)24-11-15-7-16(30-4)19(32-6)17(8-15)31-5/h7-8,14H,9-13H2,1-6H3,(H,24,27)(H,25,29)/t14-,23+/m1/s1. The lowest BCUT2D eigenvalue weighted by Gasteiger charge is -2.43. The molecule has 9 nitrogen and oxygen atoms in total. The van der Waals surface area contributed by atoms with Gasteiger partial charge in [0.1, 0.15) is 12.1 Å². The maximum Gasteiger partial charge on any atom is 0.325 e. The third-order valence-corrected chi connectivity index (χ3v) is 6.14. The molecule has 1 saturated carbocycles. The molecule has 0 bridgehead atoms. The van der Waals surface area contributed by atoms with Crippen molar-refractivity contribution in [1.82, 2.24) is 15.5 Å². The molecule has 32 heavy (non-hydrogen) atoms. The van der Waals surface area contributed by atoms with Crippen LogP contribution in [0.15, 0.2) is 12.1 Å². The molecule has 1 heterocycles. The quantitative estimate of drug-likeness (QED) is 0.622. The third-order valence-electron chi connectivity index (χ3n) is 6.14. The minimum atomic E-state index is -0.921. The van der Waals surface area contributed by atoms with E-state index in [9.17, 15) is 14.4 Å². The van der Waals surface area contributed by atoms with Gasteiger partial charge in [-0.15, -0.1) is 0 Å². The Morgan fingerprint density at radius 2 is 1.75 bits per heavy atom. The number of nitrogens with zero attached hydrogens (tertiary/aromatic N) is 1. The molecule has 1 aliphatic heterocycles. The molecule has 1 saturated heterocycles. The van der Waals surface area contributed by atoms with Gasteiger partial charge in [0, 0.05) is 6.54 Å². The van der Waals surface area contributed by atoms with Gasteiger partial charge in [-0.2, -0.15) is 0 Å². The van der Waals surface area contributed by atoms with Crippen molar-refractivity contribution in [1.29, 1.82) is 0 Å². The van der Waals surface area contributed by atoms with Gasteiger partial charge >= 0.3 is 6.03 Å². The van der Waals surface area contributed by atoms with Crippen LogP contribution < -0.4 is 24.8 Å². The zero-order chi connectivity index (χ0) is 23.7. The number of nitrogens with one attached hydrogen (secondary N) is 2. The third kappa shape index (κ3) is 4.61. The fourth-order valence-corrected chi connectivity index (χ4v) is 5.29. The number of hydrogen-bond acceptors (Lipinski definition) is 6. The smallest absolute Gasteiger partial charge is 0.325 e. The second-order valence-corrected chi connectivity index (χ2v) is 9.57. The molecule has 4 amide bonds. The van der Waals surface area contributed by atoms with Gasteiger partial charge in [-0.3, -0.25) is 14.5 Å². The Morgan fingerprint density at radius 3 is 2.28 bits per heavy atom. The summed E-state index contributed by atoms with van der Waals surface area (Å²) in [6, 6.07) is 2.95. The normalized spacial score (nSPS) is 24.3. The Kier molecular flexibility index (Phi) is 6.57. The Hall–Kier alpha value is -2.97. The highest BCUT2D eigenvalue weighted by Crippen LogP contribution is 2.46. The van der Waals surface area contributed by atoms with E-state index in [1.165, 1.54) is 21.3 Å². The van der Waals surface area contributed by atoms with E-state index < -0.39 is 17.5 Å². The van der Waals surface area contributed by atoms with Crippen LogP contribution in [-0.4, -0.2) is 56.2 Å². The van der Waals surface area contributed by atoms with Crippen molar-refractivity contribution in [2.75, 3.05) is 27.9 Å². The molecule has 3 rings (SSSR count). The molecule has 2 fully saturated rings. The highest BCUT2D eigenvalue weighted by molar-refractivity contribution is 6.09. The summed E-state index contributed by atoms with van der Waals surface area (Å²) in [6.45, 7) is 6.15. The minimum Gasteiger partial charge on any atom is -0.493 e. The van der Waals surface area contributed by atoms with Crippen molar-refractivity contribution in [3.8, 4) is 17.2 Å². The Balaban J connectivity index is 1.67. The van der Waals surface area contributed by atoms with Crippen LogP contribution in [0.5, 0.6) is 17.2 Å². The van der Waals surface area contributed by atoms with E-state index in [0.29, 0.717) is 36.0 Å². The maximum atomic E-state index is 13.2. The lowest BCUT2D eigenvalue weighted by atomic mass is 9.64. The molecule has 0 aromatic heterocycles. The van der Waals surface area contributed by atoms with Gasteiger partial charge in [0.2, 0.25) is 11.7 Å². The summed E-state index contributed by atoms with van der Waals surface area (Å²) in [5.41, 5.74) is -0.259. The lowest BCUT2D eigenvalue weighted by Crippen LogP contribution is -2.54. The summed E-state index contributed by atoms with van der Waals surface area (Å²) in [5.74, 6) is 0.964. The van der Waals surface area contributed by atoms with E-state index in [-0.39, 0.29) is 24.4 Å². The van der Waals surface area contributed by atoms with E-state index in [4.69, 9.17) is 14.2 Å². The molecular weight excluding hydrogens is 414 g/mol. The predicted octanol–water partition coefficient (Wildman–Crippen LogP) is 2.47. The number of methoxy groups -OCH3 is 3. The number of imide groups is 1. The first-order valence-electron chi connectivity index (χ1n) is 10.7. The summed E-state index contributed by atoms with van der Waals surface area (Å²) in [5, 5.41) is 5.65. The van der Waals surface area contributed by atoms with Crippen molar-refractivity contribution in [3.63, 3.8) is 0 Å². The fourth-order valence-electron chi connectivity index (χ4n) is 5.29. The number of rotatable bonds is 7. The van der Waals surface area contributed by atoms with Gasteiger partial charge in [0.15, 0.2) is 11.5 Å². The highest BCUT2D eigenvalue weighted by atomic mass is 16.5. The number of amides is 4. The van der Waals surface area contributed by atoms with Crippen LogP contribution in [0.3, 0.4) is 0 Å².